The van der Waals surface area contributed by atoms with E-state index in [0.717, 1.165) is 13.2 Å². The molecular formula is C12H24N2O. The summed E-state index contributed by atoms with van der Waals surface area (Å²) in [6, 6.07) is 0.565. The number of hydrogen-bond donors (Lipinski definition) is 1. The van der Waals surface area contributed by atoms with Gasteiger partial charge in [0.05, 0.1) is 6.61 Å². The molecule has 2 aliphatic rings. The summed E-state index contributed by atoms with van der Waals surface area (Å²) in [5.41, 5.74) is 0.455. The largest absolute Gasteiger partial charge is 0.383 e. The highest BCUT2D eigenvalue weighted by molar-refractivity contribution is 5.00. The van der Waals surface area contributed by atoms with E-state index in [4.69, 9.17) is 4.74 Å². The Morgan fingerprint density at radius 3 is 2.80 bits per heavy atom. The Kier molecular flexibility index (Phi) is 3.65. The van der Waals surface area contributed by atoms with Crippen LogP contribution in [0.15, 0.2) is 0 Å². The van der Waals surface area contributed by atoms with Crippen molar-refractivity contribution in [2.75, 3.05) is 33.4 Å². The molecule has 0 bridgehead atoms. The van der Waals surface area contributed by atoms with Crippen LogP contribution in [0.1, 0.15) is 32.6 Å². The molecule has 1 N–H and O–H groups in total. The molecule has 1 saturated heterocycles. The minimum Gasteiger partial charge on any atom is -0.383 e. The van der Waals surface area contributed by atoms with Crippen LogP contribution in [0.2, 0.25) is 0 Å². The quantitative estimate of drug-likeness (QED) is 0.762. The van der Waals surface area contributed by atoms with Crippen LogP contribution < -0.4 is 5.32 Å². The average Bonchev–Trinajstić information content (AvgIpc) is 2.68. The van der Waals surface area contributed by atoms with Crippen LogP contribution in [-0.4, -0.2) is 49.8 Å². The van der Waals surface area contributed by atoms with Gasteiger partial charge in [-0.05, 0) is 19.8 Å². The average molecular weight is 212 g/mol. The normalized spacial score (nSPS) is 28.4. The molecule has 3 heteroatoms. The van der Waals surface area contributed by atoms with Crippen molar-refractivity contribution in [2.45, 2.75) is 44.2 Å². The highest BCUT2D eigenvalue weighted by atomic mass is 16.5. The highest BCUT2D eigenvalue weighted by Gasteiger charge is 2.42. The number of methoxy groups -OCH3 is 1. The van der Waals surface area contributed by atoms with E-state index in [2.05, 4.69) is 17.1 Å². The smallest absolute Gasteiger partial charge is 0.0615 e. The summed E-state index contributed by atoms with van der Waals surface area (Å²) < 4.78 is 5.30. The molecule has 1 heterocycles. The number of nitrogens with zero attached hydrogens (tertiary/aromatic N) is 1. The van der Waals surface area contributed by atoms with Gasteiger partial charge in [0, 0.05) is 38.3 Å². The lowest BCUT2D eigenvalue weighted by atomic mass is 9.91. The Morgan fingerprint density at radius 1 is 1.40 bits per heavy atom. The highest BCUT2D eigenvalue weighted by Crippen LogP contribution is 2.37. The summed E-state index contributed by atoms with van der Waals surface area (Å²) in [6.07, 6.45) is 5.54. The Morgan fingerprint density at radius 2 is 2.13 bits per heavy atom. The van der Waals surface area contributed by atoms with Crippen LogP contribution in [0.3, 0.4) is 0 Å². The van der Waals surface area contributed by atoms with E-state index < -0.39 is 0 Å². The van der Waals surface area contributed by atoms with Crippen LogP contribution >= 0.6 is 0 Å². The van der Waals surface area contributed by atoms with Crippen molar-refractivity contribution in [3.63, 3.8) is 0 Å². The number of rotatable bonds is 3. The molecule has 88 valence electrons. The van der Waals surface area contributed by atoms with Crippen molar-refractivity contribution in [1.82, 2.24) is 10.2 Å². The molecule has 2 rings (SSSR count). The minimum atomic E-state index is 0.455. The molecule has 1 aliphatic heterocycles. The summed E-state index contributed by atoms with van der Waals surface area (Å²) in [5.74, 6) is 0. The zero-order chi connectivity index (χ0) is 10.7. The zero-order valence-electron chi connectivity index (χ0n) is 10.1. The van der Waals surface area contributed by atoms with E-state index in [1.54, 1.807) is 7.11 Å². The van der Waals surface area contributed by atoms with E-state index in [1.807, 2.05) is 0 Å². The molecule has 3 nitrogen and oxygen atoms in total. The van der Waals surface area contributed by atoms with Gasteiger partial charge in [0.25, 0.3) is 0 Å². The van der Waals surface area contributed by atoms with Crippen LogP contribution in [0.25, 0.3) is 0 Å². The second-order valence-electron chi connectivity index (χ2n) is 5.11. The fraction of sp³-hybridized carbons (Fsp3) is 1.00. The number of nitrogens with one attached hydrogen (secondary N) is 1. The molecule has 15 heavy (non-hydrogen) atoms. The molecule has 1 unspecified atom stereocenters. The van der Waals surface area contributed by atoms with E-state index in [0.29, 0.717) is 11.6 Å². The zero-order valence-corrected chi connectivity index (χ0v) is 10.1. The predicted molar refractivity (Wildman–Crippen MR) is 62.1 cm³/mol. The fourth-order valence-corrected chi connectivity index (χ4v) is 3.38. The summed E-state index contributed by atoms with van der Waals surface area (Å²) in [4.78, 5) is 2.69. The molecule has 0 amide bonds. The van der Waals surface area contributed by atoms with Crippen LogP contribution in [-0.2, 0) is 4.74 Å². The fourth-order valence-electron chi connectivity index (χ4n) is 3.38. The Balaban J connectivity index is 2.05. The SMILES string of the molecule is COCC(C)N1CCNCC12CCCC2. The third-order valence-corrected chi connectivity index (χ3v) is 4.07. The molecule has 2 fully saturated rings. The maximum atomic E-state index is 5.30. The van der Waals surface area contributed by atoms with Crippen molar-refractivity contribution < 1.29 is 4.74 Å². The lowest BCUT2D eigenvalue weighted by molar-refractivity contribution is -0.00143. The first-order valence-corrected chi connectivity index (χ1v) is 6.25. The van der Waals surface area contributed by atoms with E-state index in [-0.39, 0.29) is 0 Å². The van der Waals surface area contributed by atoms with Crippen LogP contribution in [0, 0.1) is 0 Å². The summed E-state index contributed by atoms with van der Waals surface area (Å²) in [7, 11) is 1.81. The van der Waals surface area contributed by atoms with Gasteiger partial charge in [0.1, 0.15) is 0 Å². The van der Waals surface area contributed by atoms with Gasteiger partial charge in [-0.1, -0.05) is 12.8 Å². The molecule has 0 aromatic heterocycles. The third kappa shape index (κ3) is 2.19. The van der Waals surface area contributed by atoms with Crippen molar-refractivity contribution in [1.29, 1.82) is 0 Å². The molecule has 1 saturated carbocycles. The molecule has 1 spiro atoms. The number of ether oxygens (including phenoxy) is 1. The molecule has 0 radical (unpaired) electrons. The van der Waals surface area contributed by atoms with Crippen LogP contribution in [0.5, 0.6) is 0 Å². The van der Waals surface area contributed by atoms with Gasteiger partial charge >= 0.3 is 0 Å². The first kappa shape index (κ1) is 11.4. The van der Waals surface area contributed by atoms with E-state index in [1.165, 1.54) is 38.8 Å². The van der Waals surface area contributed by atoms with Gasteiger partial charge in [-0.25, -0.2) is 0 Å². The maximum absolute atomic E-state index is 5.30. The molecule has 1 aliphatic carbocycles. The number of piperazine rings is 1. The maximum Gasteiger partial charge on any atom is 0.0615 e. The van der Waals surface area contributed by atoms with Crippen LogP contribution in [0.4, 0.5) is 0 Å². The molecule has 1 atom stereocenters. The van der Waals surface area contributed by atoms with Gasteiger partial charge in [-0.3, -0.25) is 4.90 Å². The predicted octanol–water partition coefficient (Wildman–Crippen LogP) is 1.24. The van der Waals surface area contributed by atoms with Crippen molar-refractivity contribution in [3.05, 3.63) is 0 Å². The molecular weight excluding hydrogens is 188 g/mol. The van der Waals surface area contributed by atoms with Crippen molar-refractivity contribution >= 4 is 0 Å². The minimum absolute atomic E-state index is 0.455. The summed E-state index contributed by atoms with van der Waals surface area (Å²) >= 11 is 0. The third-order valence-electron chi connectivity index (χ3n) is 4.07. The van der Waals surface area contributed by atoms with Gasteiger partial charge in [0.15, 0.2) is 0 Å². The monoisotopic (exact) mass is 212 g/mol. The summed E-state index contributed by atoms with van der Waals surface area (Å²) in [5, 5.41) is 3.56. The molecule has 0 aromatic rings. The Bertz CT molecular complexity index is 202. The van der Waals surface area contributed by atoms with Crippen molar-refractivity contribution in [2.24, 2.45) is 0 Å². The van der Waals surface area contributed by atoms with Crippen molar-refractivity contribution in [3.8, 4) is 0 Å². The summed E-state index contributed by atoms with van der Waals surface area (Å²) in [6.45, 7) is 6.66. The van der Waals surface area contributed by atoms with E-state index in [9.17, 15) is 0 Å². The van der Waals surface area contributed by atoms with Gasteiger partial charge in [0.2, 0.25) is 0 Å². The second-order valence-corrected chi connectivity index (χ2v) is 5.11. The molecule has 0 aromatic carbocycles. The number of hydrogen-bond acceptors (Lipinski definition) is 3. The standard InChI is InChI=1S/C12H24N2O/c1-11(9-15-2)14-8-7-13-10-12(14)5-3-4-6-12/h11,13H,3-10H2,1-2H3. The Labute approximate surface area is 93.2 Å². The lowest BCUT2D eigenvalue weighted by Crippen LogP contribution is -2.63. The van der Waals surface area contributed by atoms with Gasteiger partial charge in [-0.2, -0.15) is 0 Å². The first-order valence-electron chi connectivity index (χ1n) is 6.25. The topological polar surface area (TPSA) is 24.5 Å². The van der Waals surface area contributed by atoms with Gasteiger partial charge in [-0.15, -0.1) is 0 Å². The van der Waals surface area contributed by atoms with Gasteiger partial charge < -0.3 is 10.1 Å². The Hall–Kier alpha value is -0.120. The lowest BCUT2D eigenvalue weighted by Gasteiger charge is -2.48. The second kappa shape index (κ2) is 4.81. The first-order chi connectivity index (χ1) is 7.28. The van der Waals surface area contributed by atoms with E-state index >= 15 is 0 Å².